The smallest absolute Gasteiger partial charge is 0.230 e. The van der Waals surface area contributed by atoms with Gasteiger partial charge in [0.25, 0.3) is 0 Å². The minimum Gasteiger partial charge on any atom is -0.497 e. The number of methoxy groups -OCH3 is 1. The van der Waals surface area contributed by atoms with Crippen molar-refractivity contribution < 1.29 is 9.53 Å². The molecule has 0 saturated heterocycles. The van der Waals surface area contributed by atoms with Gasteiger partial charge in [0.2, 0.25) is 5.91 Å². The molecule has 0 bridgehead atoms. The zero-order valence-electron chi connectivity index (χ0n) is 12.6. The zero-order chi connectivity index (χ0) is 16.1. The number of nitrogens with one attached hydrogen (secondary N) is 2. The van der Waals surface area contributed by atoms with Crippen molar-refractivity contribution in [2.24, 2.45) is 0 Å². The molecule has 2 N–H and O–H groups in total. The predicted molar refractivity (Wildman–Crippen MR) is 89.5 cm³/mol. The van der Waals surface area contributed by atoms with E-state index in [0.717, 1.165) is 16.8 Å². The molecule has 0 spiro atoms. The Labute approximate surface area is 137 Å². The van der Waals surface area contributed by atoms with E-state index in [0.29, 0.717) is 23.1 Å². The standard InChI is InChI=1S/C16H16N4O2S/c1-22-12-5-2-4-11(8-12)9-18-14(21)10-23-16-19-13-6-3-7-17-15(13)20-16/h2-8H,9-10H2,1H3,(H,18,21)(H,17,19,20). The summed E-state index contributed by atoms with van der Waals surface area (Å²) in [6, 6.07) is 11.4. The summed E-state index contributed by atoms with van der Waals surface area (Å²) in [5.41, 5.74) is 2.52. The van der Waals surface area contributed by atoms with E-state index in [-0.39, 0.29) is 5.91 Å². The molecule has 23 heavy (non-hydrogen) atoms. The van der Waals surface area contributed by atoms with Crippen LogP contribution in [0.15, 0.2) is 47.8 Å². The van der Waals surface area contributed by atoms with Crippen LogP contribution in [0, 0.1) is 0 Å². The number of carbonyl (C=O) groups is 1. The molecular formula is C16H16N4O2S. The second kappa shape index (κ2) is 7.15. The van der Waals surface area contributed by atoms with Gasteiger partial charge in [-0.25, -0.2) is 9.97 Å². The molecule has 2 heterocycles. The molecule has 1 amide bonds. The minimum absolute atomic E-state index is 0.0498. The van der Waals surface area contributed by atoms with Crippen molar-refractivity contribution in [1.82, 2.24) is 20.3 Å². The quantitative estimate of drug-likeness (QED) is 0.679. The van der Waals surface area contributed by atoms with Crippen molar-refractivity contribution >= 4 is 28.8 Å². The number of imidazole rings is 1. The summed E-state index contributed by atoms with van der Waals surface area (Å²) in [4.78, 5) is 23.6. The highest BCUT2D eigenvalue weighted by molar-refractivity contribution is 7.99. The first-order valence-electron chi connectivity index (χ1n) is 7.08. The number of H-pyrrole nitrogens is 1. The van der Waals surface area contributed by atoms with Crippen LogP contribution in [0.25, 0.3) is 11.2 Å². The number of nitrogens with zero attached hydrogens (tertiary/aromatic N) is 2. The lowest BCUT2D eigenvalue weighted by molar-refractivity contribution is -0.118. The van der Waals surface area contributed by atoms with Crippen molar-refractivity contribution in [3.05, 3.63) is 48.2 Å². The van der Waals surface area contributed by atoms with Crippen LogP contribution in [-0.4, -0.2) is 33.7 Å². The van der Waals surface area contributed by atoms with Gasteiger partial charge in [-0.15, -0.1) is 0 Å². The van der Waals surface area contributed by atoms with Crippen LogP contribution in [0.4, 0.5) is 0 Å². The van der Waals surface area contributed by atoms with E-state index in [9.17, 15) is 4.79 Å². The first-order valence-corrected chi connectivity index (χ1v) is 8.06. The monoisotopic (exact) mass is 328 g/mol. The SMILES string of the molecule is COc1cccc(CNC(=O)CSc2nc3ncccc3[nH]2)c1. The summed E-state index contributed by atoms with van der Waals surface area (Å²) in [6.07, 6.45) is 1.69. The van der Waals surface area contributed by atoms with Gasteiger partial charge in [-0.3, -0.25) is 4.79 Å². The molecule has 3 rings (SSSR count). The fourth-order valence-corrected chi connectivity index (χ4v) is 2.76. The Hall–Kier alpha value is -2.54. The van der Waals surface area contributed by atoms with E-state index in [2.05, 4.69) is 20.3 Å². The molecule has 1 aromatic carbocycles. The number of ether oxygens (including phenoxy) is 1. The summed E-state index contributed by atoms with van der Waals surface area (Å²) in [5.74, 6) is 1.02. The fourth-order valence-electron chi connectivity index (χ4n) is 2.06. The van der Waals surface area contributed by atoms with Crippen molar-refractivity contribution in [3.8, 4) is 5.75 Å². The van der Waals surface area contributed by atoms with Gasteiger partial charge in [-0.2, -0.15) is 0 Å². The number of benzene rings is 1. The predicted octanol–water partition coefficient (Wildman–Crippen LogP) is 2.38. The maximum atomic E-state index is 11.9. The summed E-state index contributed by atoms with van der Waals surface area (Å²) in [7, 11) is 1.62. The molecule has 0 unspecified atom stereocenters. The number of thioether (sulfide) groups is 1. The summed E-state index contributed by atoms with van der Waals surface area (Å²) in [5, 5.41) is 3.57. The van der Waals surface area contributed by atoms with E-state index < -0.39 is 0 Å². The Balaban J connectivity index is 1.51. The number of amides is 1. The van der Waals surface area contributed by atoms with Crippen LogP contribution in [0.5, 0.6) is 5.75 Å². The molecule has 6 nitrogen and oxygen atoms in total. The lowest BCUT2D eigenvalue weighted by Gasteiger charge is -2.06. The number of aromatic nitrogens is 3. The molecule has 0 aliphatic heterocycles. The molecular weight excluding hydrogens is 312 g/mol. The lowest BCUT2D eigenvalue weighted by Crippen LogP contribution is -2.24. The Bertz CT molecular complexity index is 785. The van der Waals surface area contributed by atoms with E-state index in [1.165, 1.54) is 11.8 Å². The van der Waals surface area contributed by atoms with Gasteiger partial charge >= 0.3 is 0 Å². The first kappa shape index (κ1) is 15.4. The van der Waals surface area contributed by atoms with Gasteiger partial charge in [0.05, 0.1) is 18.4 Å². The average molecular weight is 328 g/mol. The van der Waals surface area contributed by atoms with Crippen LogP contribution >= 0.6 is 11.8 Å². The topological polar surface area (TPSA) is 79.9 Å². The van der Waals surface area contributed by atoms with Crippen molar-refractivity contribution in [1.29, 1.82) is 0 Å². The Morgan fingerprint density at radius 3 is 3.09 bits per heavy atom. The van der Waals surface area contributed by atoms with E-state index in [1.807, 2.05) is 36.4 Å². The highest BCUT2D eigenvalue weighted by Crippen LogP contribution is 2.17. The molecule has 7 heteroatoms. The molecule has 0 aliphatic carbocycles. The van der Waals surface area contributed by atoms with Crippen molar-refractivity contribution in [3.63, 3.8) is 0 Å². The van der Waals surface area contributed by atoms with E-state index in [4.69, 9.17) is 4.74 Å². The third kappa shape index (κ3) is 4.01. The highest BCUT2D eigenvalue weighted by atomic mass is 32.2. The van der Waals surface area contributed by atoms with Gasteiger partial charge < -0.3 is 15.0 Å². The Kier molecular flexibility index (Phi) is 4.77. The second-order valence-electron chi connectivity index (χ2n) is 4.83. The molecule has 3 aromatic rings. The van der Waals surface area contributed by atoms with E-state index >= 15 is 0 Å². The van der Waals surface area contributed by atoms with Crippen LogP contribution < -0.4 is 10.1 Å². The van der Waals surface area contributed by atoms with Gasteiger partial charge in [0.15, 0.2) is 10.8 Å². The molecule has 0 aliphatic rings. The molecule has 0 fully saturated rings. The molecule has 0 radical (unpaired) electrons. The molecule has 0 saturated carbocycles. The maximum Gasteiger partial charge on any atom is 0.230 e. The summed E-state index contributed by atoms with van der Waals surface area (Å²) < 4.78 is 5.16. The van der Waals surface area contributed by atoms with Crippen LogP contribution in [0.1, 0.15) is 5.56 Å². The minimum atomic E-state index is -0.0498. The van der Waals surface area contributed by atoms with Crippen LogP contribution in [-0.2, 0) is 11.3 Å². The highest BCUT2D eigenvalue weighted by Gasteiger charge is 2.07. The van der Waals surface area contributed by atoms with Crippen LogP contribution in [0.3, 0.4) is 0 Å². The largest absolute Gasteiger partial charge is 0.497 e. The molecule has 0 atom stereocenters. The third-order valence-electron chi connectivity index (χ3n) is 3.20. The first-order chi connectivity index (χ1) is 11.2. The third-order valence-corrected chi connectivity index (χ3v) is 4.07. The normalized spacial score (nSPS) is 10.7. The summed E-state index contributed by atoms with van der Waals surface area (Å²) in [6.45, 7) is 0.471. The van der Waals surface area contributed by atoms with Crippen LogP contribution in [0.2, 0.25) is 0 Å². The number of carbonyl (C=O) groups excluding carboxylic acids is 1. The number of hydrogen-bond acceptors (Lipinski definition) is 5. The number of aromatic amines is 1. The number of rotatable bonds is 6. The van der Waals surface area contributed by atoms with Gasteiger partial charge in [0.1, 0.15) is 5.75 Å². The average Bonchev–Trinajstić information content (AvgIpc) is 3.01. The summed E-state index contributed by atoms with van der Waals surface area (Å²) >= 11 is 1.35. The van der Waals surface area contributed by atoms with Crippen molar-refractivity contribution in [2.45, 2.75) is 11.7 Å². The Morgan fingerprint density at radius 1 is 1.35 bits per heavy atom. The van der Waals surface area contributed by atoms with E-state index in [1.54, 1.807) is 13.3 Å². The van der Waals surface area contributed by atoms with Gasteiger partial charge in [0, 0.05) is 12.7 Å². The second-order valence-corrected chi connectivity index (χ2v) is 5.80. The molecule has 2 aromatic heterocycles. The van der Waals surface area contributed by atoms with Gasteiger partial charge in [-0.1, -0.05) is 23.9 Å². The maximum absolute atomic E-state index is 11.9. The number of hydrogen-bond donors (Lipinski definition) is 2. The fraction of sp³-hybridized carbons (Fsp3) is 0.188. The Morgan fingerprint density at radius 2 is 2.26 bits per heavy atom. The number of fused-ring (bicyclic) bond motifs is 1. The van der Waals surface area contributed by atoms with Gasteiger partial charge in [-0.05, 0) is 29.8 Å². The zero-order valence-corrected chi connectivity index (χ0v) is 13.4. The lowest BCUT2D eigenvalue weighted by atomic mass is 10.2. The molecule has 118 valence electrons. The van der Waals surface area contributed by atoms with Crippen molar-refractivity contribution in [2.75, 3.05) is 12.9 Å². The number of pyridine rings is 1.